The topological polar surface area (TPSA) is 37.3 Å². The van der Waals surface area contributed by atoms with Crippen molar-refractivity contribution < 1.29 is 9.32 Å². The highest BCUT2D eigenvalue weighted by Gasteiger charge is 2.09. The van der Waals surface area contributed by atoms with Crippen molar-refractivity contribution in [2.24, 2.45) is 0 Å². The molecule has 0 bridgehead atoms. The first-order chi connectivity index (χ1) is 9.63. The molecule has 1 rings (SSSR count). The zero-order valence-corrected chi connectivity index (χ0v) is 13.4. The summed E-state index contributed by atoms with van der Waals surface area (Å²) in [4.78, 5) is 0.793. The van der Waals surface area contributed by atoms with Gasteiger partial charge in [0.1, 0.15) is 0 Å². The Morgan fingerprint density at radius 1 is 1.20 bits per heavy atom. The number of benzene rings is 1. The SMILES string of the molecule is CCCCC/C=C\C[C@H](O)CS(=O)c1ccc(C)cc1. The van der Waals surface area contributed by atoms with Gasteiger partial charge in [0.05, 0.1) is 22.7 Å². The lowest BCUT2D eigenvalue weighted by Crippen LogP contribution is -2.15. The van der Waals surface area contributed by atoms with Gasteiger partial charge in [-0.15, -0.1) is 0 Å². The summed E-state index contributed by atoms with van der Waals surface area (Å²) in [5.74, 6) is 0.308. The van der Waals surface area contributed by atoms with Crippen molar-refractivity contribution in [1.29, 1.82) is 0 Å². The summed E-state index contributed by atoms with van der Waals surface area (Å²) in [7, 11) is -1.12. The van der Waals surface area contributed by atoms with E-state index in [-0.39, 0.29) is 0 Å². The molecule has 0 radical (unpaired) electrons. The number of rotatable bonds is 9. The highest BCUT2D eigenvalue weighted by atomic mass is 32.2. The van der Waals surface area contributed by atoms with Crippen LogP contribution in [0.5, 0.6) is 0 Å². The van der Waals surface area contributed by atoms with E-state index in [1.54, 1.807) is 0 Å². The van der Waals surface area contributed by atoms with E-state index in [1.165, 1.54) is 19.3 Å². The summed E-state index contributed by atoms with van der Waals surface area (Å²) in [6, 6.07) is 7.65. The molecule has 1 aromatic carbocycles. The van der Waals surface area contributed by atoms with Gasteiger partial charge in [0, 0.05) is 4.90 Å². The van der Waals surface area contributed by atoms with Crippen LogP contribution in [0.15, 0.2) is 41.3 Å². The number of hydrogen-bond acceptors (Lipinski definition) is 2. The number of aliphatic hydroxyl groups is 1. The van der Waals surface area contributed by atoms with Crippen LogP contribution < -0.4 is 0 Å². The van der Waals surface area contributed by atoms with Crippen LogP contribution in [0.4, 0.5) is 0 Å². The number of aryl methyl sites for hydroxylation is 1. The third kappa shape index (κ3) is 7.01. The van der Waals surface area contributed by atoms with Gasteiger partial charge in [-0.25, -0.2) is 0 Å². The zero-order valence-electron chi connectivity index (χ0n) is 12.5. The van der Waals surface area contributed by atoms with Gasteiger partial charge in [0.15, 0.2) is 0 Å². The molecular weight excluding hydrogens is 268 g/mol. The molecule has 0 aliphatic rings. The van der Waals surface area contributed by atoms with Crippen molar-refractivity contribution in [3.63, 3.8) is 0 Å². The van der Waals surface area contributed by atoms with E-state index in [9.17, 15) is 9.32 Å². The molecule has 2 nitrogen and oxygen atoms in total. The van der Waals surface area contributed by atoms with Crippen LogP contribution in [0.3, 0.4) is 0 Å². The molecule has 1 aromatic rings. The Kier molecular flexibility index (Phi) is 8.47. The average Bonchev–Trinajstić information content (AvgIpc) is 2.43. The van der Waals surface area contributed by atoms with Crippen molar-refractivity contribution >= 4 is 10.8 Å². The van der Waals surface area contributed by atoms with E-state index >= 15 is 0 Å². The minimum atomic E-state index is -1.12. The Balaban J connectivity index is 2.29. The van der Waals surface area contributed by atoms with E-state index in [2.05, 4.69) is 13.0 Å². The molecule has 1 unspecified atom stereocenters. The molecule has 1 N–H and O–H groups in total. The predicted molar refractivity (Wildman–Crippen MR) is 86.4 cm³/mol. The van der Waals surface area contributed by atoms with Crippen molar-refractivity contribution in [1.82, 2.24) is 0 Å². The summed E-state index contributed by atoms with van der Waals surface area (Å²) in [5.41, 5.74) is 1.15. The van der Waals surface area contributed by atoms with Gasteiger partial charge in [0.25, 0.3) is 0 Å². The first kappa shape index (κ1) is 17.1. The Bertz CT molecular complexity index is 423. The minimum Gasteiger partial charge on any atom is -0.392 e. The Hall–Kier alpha value is -0.930. The van der Waals surface area contributed by atoms with E-state index < -0.39 is 16.9 Å². The molecule has 0 spiro atoms. The standard InChI is InChI=1S/C17H26O2S/c1-3-4-5-6-7-8-9-16(18)14-20(19)17-12-10-15(2)11-13-17/h7-8,10-13,16,18H,3-6,9,14H2,1-2H3/b8-7-/t16-,20?/m0/s1. The minimum absolute atomic E-state index is 0.308. The average molecular weight is 294 g/mol. The highest BCUT2D eigenvalue weighted by molar-refractivity contribution is 7.85. The maximum atomic E-state index is 12.1. The molecule has 2 atom stereocenters. The summed E-state index contributed by atoms with van der Waals surface area (Å²) in [5, 5.41) is 9.89. The predicted octanol–water partition coefficient (Wildman–Crippen LogP) is 3.99. The second-order valence-corrected chi connectivity index (χ2v) is 6.68. The van der Waals surface area contributed by atoms with Crippen molar-refractivity contribution in [2.45, 2.75) is 57.0 Å². The van der Waals surface area contributed by atoms with Gasteiger partial charge >= 0.3 is 0 Å². The molecule has 0 amide bonds. The molecule has 0 aliphatic carbocycles. The van der Waals surface area contributed by atoms with E-state index in [1.807, 2.05) is 37.3 Å². The van der Waals surface area contributed by atoms with Crippen LogP contribution >= 0.6 is 0 Å². The Morgan fingerprint density at radius 2 is 1.90 bits per heavy atom. The molecular formula is C17H26O2S. The Morgan fingerprint density at radius 3 is 2.55 bits per heavy atom. The fourth-order valence-electron chi connectivity index (χ4n) is 1.91. The molecule has 3 heteroatoms. The molecule has 0 fully saturated rings. The smallest absolute Gasteiger partial charge is 0.0693 e. The third-order valence-electron chi connectivity index (χ3n) is 3.18. The monoisotopic (exact) mass is 294 g/mol. The first-order valence-electron chi connectivity index (χ1n) is 7.41. The molecule has 0 aromatic heterocycles. The maximum absolute atomic E-state index is 12.1. The molecule has 0 heterocycles. The van der Waals surface area contributed by atoms with Crippen molar-refractivity contribution in [2.75, 3.05) is 5.75 Å². The molecule has 0 aliphatic heterocycles. The van der Waals surface area contributed by atoms with Gasteiger partial charge < -0.3 is 5.11 Å². The van der Waals surface area contributed by atoms with Crippen LogP contribution in [0, 0.1) is 6.92 Å². The maximum Gasteiger partial charge on any atom is 0.0693 e. The quantitative estimate of drug-likeness (QED) is 0.552. The number of aliphatic hydroxyl groups excluding tert-OH is 1. The summed E-state index contributed by atoms with van der Waals surface area (Å²) < 4.78 is 12.1. The summed E-state index contributed by atoms with van der Waals surface area (Å²) >= 11 is 0. The molecule has 0 saturated heterocycles. The molecule has 20 heavy (non-hydrogen) atoms. The lowest BCUT2D eigenvalue weighted by atomic mass is 10.2. The van der Waals surface area contributed by atoms with Crippen molar-refractivity contribution in [3.8, 4) is 0 Å². The lowest BCUT2D eigenvalue weighted by Gasteiger charge is -2.08. The first-order valence-corrected chi connectivity index (χ1v) is 8.73. The normalized spacial score (nSPS) is 14.6. The zero-order chi connectivity index (χ0) is 14.8. The Labute approximate surface area is 125 Å². The van der Waals surface area contributed by atoms with Gasteiger partial charge in [-0.3, -0.25) is 4.21 Å². The van der Waals surface area contributed by atoms with E-state index in [0.717, 1.165) is 16.9 Å². The number of allylic oxidation sites excluding steroid dienone is 1. The van der Waals surface area contributed by atoms with Gasteiger partial charge in [-0.05, 0) is 38.3 Å². The van der Waals surface area contributed by atoms with Crippen molar-refractivity contribution in [3.05, 3.63) is 42.0 Å². The third-order valence-corrected chi connectivity index (χ3v) is 4.66. The van der Waals surface area contributed by atoms with Gasteiger partial charge in [0.2, 0.25) is 0 Å². The van der Waals surface area contributed by atoms with Crippen LogP contribution in [0.1, 0.15) is 44.6 Å². The largest absolute Gasteiger partial charge is 0.392 e. The summed E-state index contributed by atoms with van der Waals surface area (Å²) in [6.45, 7) is 4.19. The van der Waals surface area contributed by atoms with E-state index in [4.69, 9.17) is 0 Å². The van der Waals surface area contributed by atoms with Crippen LogP contribution in [0.2, 0.25) is 0 Å². The van der Waals surface area contributed by atoms with Crippen LogP contribution in [-0.4, -0.2) is 21.2 Å². The summed E-state index contributed by atoms with van der Waals surface area (Å²) in [6.07, 6.45) is 8.94. The fourth-order valence-corrected chi connectivity index (χ4v) is 3.03. The van der Waals surface area contributed by atoms with Crippen LogP contribution in [-0.2, 0) is 10.8 Å². The highest BCUT2D eigenvalue weighted by Crippen LogP contribution is 2.10. The number of unbranched alkanes of at least 4 members (excludes halogenated alkanes) is 3. The number of hydrogen-bond donors (Lipinski definition) is 1. The lowest BCUT2D eigenvalue weighted by molar-refractivity contribution is 0.202. The van der Waals surface area contributed by atoms with E-state index in [0.29, 0.717) is 12.2 Å². The molecule has 112 valence electrons. The molecule has 0 saturated carbocycles. The van der Waals surface area contributed by atoms with Gasteiger partial charge in [-0.1, -0.05) is 49.6 Å². The second-order valence-electron chi connectivity index (χ2n) is 5.18. The fraction of sp³-hybridized carbons (Fsp3) is 0.529. The van der Waals surface area contributed by atoms with Gasteiger partial charge in [-0.2, -0.15) is 0 Å². The van der Waals surface area contributed by atoms with Crippen LogP contribution in [0.25, 0.3) is 0 Å². The second kappa shape index (κ2) is 9.89.